The maximum Gasteiger partial charge on any atom is 0.416 e. The van der Waals surface area contributed by atoms with Crippen LogP contribution in [0.15, 0.2) is 24.3 Å². The highest BCUT2D eigenvalue weighted by molar-refractivity contribution is 5.25. The molecule has 0 aliphatic heterocycles. The molecule has 2 N–H and O–H groups in total. The molecule has 0 aliphatic rings. The van der Waals surface area contributed by atoms with Gasteiger partial charge < -0.3 is 10.5 Å². The lowest BCUT2D eigenvalue weighted by molar-refractivity contribution is -0.137. The van der Waals surface area contributed by atoms with Crippen LogP contribution in [0.2, 0.25) is 0 Å². The molecule has 0 saturated carbocycles. The molecule has 0 radical (unpaired) electrons. The normalized spacial score (nSPS) is 12.1. The van der Waals surface area contributed by atoms with Crippen molar-refractivity contribution in [3.05, 3.63) is 35.4 Å². The van der Waals surface area contributed by atoms with Gasteiger partial charge in [-0.3, -0.25) is 4.90 Å². The van der Waals surface area contributed by atoms with E-state index in [9.17, 15) is 13.2 Å². The third-order valence-electron chi connectivity index (χ3n) is 2.95. The molecule has 0 fully saturated rings. The van der Waals surface area contributed by atoms with Crippen LogP contribution >= 0.6 is 0 Å². The molecule has 0 saturated heterocycles. The highest BCUT2D eigenvalue weighted by atomic mass is 19.4. The molecule has 114 valence electrons. The summed E-state index contributed by atoms with van der Waals surface area (Å²) in [5.74, 6) is 0. The van der Waals surface area contributed by atoms with Gasteiger partial charge in [-0.1, -0.05) is 18.2 Å². The van der Waals surface area contributed by atoms with Gasteiger partial charge in [-0.05, 0) is 31.1 Å². The number of halogens is 3. The Bertz CT molecular complexity index is 388. The molecule has 1 aromatic rings. The Balaban J connectivity index is 2.71. The summed E-state index contributed by atoms with van der Waals surface area (Å²) in [6, 6.07) is 5.43. The van der Waals surface area contributed by atoms with Crippen LogP contribution in [0.25, 0.3) is 0 Å². The quantitative estimate of drug-likeness (QED) is 0.799. The number of alkyl halides is 3. The van der Waals surface area contributed by atoms with Gasteiger partial charge >= 0.3 is 6.18 Å². The monoisotopic (exact) mass is 290 g/mol. The molecule has 3 nitrogen and oxygen atoms in total. The SMILES string of the molecule is COCCN(CCCN)Cc1cccc(C(F)(F)F)c1. The second kappa shape index (κ2) is 8.24. The lowest BCUT2D eigenvalue weighted by Crippen LogP contribution is -2.29. The van der Waals surface area contributed by atoms with Gasteiger partial charge in [0.1, 0.15) is 0 Å². The third kappa shape index (κ3) is 5.90. The molecule has 20 heavy (non-hydrogen) atoms. The lowest BCUT2D eigenvalue weighted by Gasteiger charge is -2.22. The molecule has 0 unspecified atom stereocenters. The van der Waals surface area contributed by atoms with Gasteiger partial charge in [0.05, 0.1) is 12.2 Å². The summed E-state index contributed by atoms with van der Waals surface area (Å²) in [6.07, 6.45) is -3.49. The van der Waals surface area contributed by atoms with Crippen LogP contribution in [-0.2, 0) is 17.5 Å². The van der Waals surface area contributed by atoms with Gasteiger partial charge in [0.15, 0.2) is 0 Å². The zero-order valence-electron chi connectivity index (χ0n) is 11.6. The molecule has 1 aromatic carbocycles. The zero-order valence-corrected chi connectivity index (χ0v) is 11.6. The van der Waals surface area contributed by atoms with Crippen molar-refractivity contribution < 1.29 is 17.9 Å². The molecule has 0 spiro atoms. The van der Waals surface area contributed by atoms with Gasteiger partial charge in [-0.2, -0.15) is 13.2 Å². The van der Waals surface area contributed by atoms with Crippen molar-refractivity contribution in [2.75, 3.05) is 33.4 Å². The van der Waals surface area contributed by atoms with Crippen molar-refractivity contribution >= 4 is 0 Å². The molecule has 0 aliphatic carbocycles. The first-order chi connectivity index (χ1) is 9.47. The number of ether oxygens (including phenoxy) is 1. The Morgan fingerprint density at radius 1 is 1.25 bits per heavy atom. The van der Waals surface area contributed by atoms with Crippen molar-refractivity contribution in [3.63, 3.8) is 0 Å². The Morgan fingerprint density at radius 3 is 2.60 bits per heavy atom. The standard InChI is InChI=1S/C14H21F3N2O/c1-20-9-8-19(7-3-6-18)11-12-4-2-5-13(10-12)14(15,16)17/h2,4-5,10H,3,6-9,11,18H2,1H3. The second-order valence-corrected chi connectivity index (χ2v) is 4.61. The summed E-state index contributed by atoms with van der Waals surface area (Å²) in [4.78, 5) is 2.05. The van der Waals surface area contributed by atoms with E-state index in [2.05, 4.69) is 0 Å². The molecule has 0 bridgehead atoms. The number of methoxy groups -OCH3 is 1. The number of hydrogen-bond donors (Lipinski definition) is 1. The molecule has 1 rings (SSSR count). The Hall–Kier alpha value is -1.11. The maximum absolute atomic E-state index is 12.7. The predicted octanol–water partition coefficient (Wildman–Crippen LogP) is 2.50. The van der Waals surface area contributed by atoms with E-state index in [1.165, 1.54) is 12.1 Å². The minimum Gasteiger partial charge on any atom is -0.383 e. The van der Waals surface area contributed by atoms with E-state index in [0.29, 0.717) is 31.8 Å². The fourth-order valence-electron chi connectivity index (χ4n) is 1.91. The first kappa shape index (κ1) is 16.9. The van der Waals surface area contributed by atoms with Crippen molar-refractivity contribution in [3.8, 4) is 0 Å². The van der Waals surface area contributed by atoms with Crippen LogP contribution in [-0.4, -0.2) is 38.3 Å². The van der Waals surface area contributed by atoms with Crippen molar-refractivity contribution in [2.45, 2.75) is 19.1 Å². The average Bonchev–Trinajstić information content (AvgIpc) is 2.41. The largest absolute Gasteiger partial charge is 0.416 e. The van der Waals surface area contributed by atoms with Crippen LogP contribution in [0.4, 0.5) is 13.2 Å². The fraction of sp³-hybridized carbons (Fsp3) is 0.571. The highest BCUT2D eigenvalue weighted by Crippen LogP contribution is 2.29. The highest BCUT2D eigenvalue weighted by Gasteiger charge is 2.30. The fourth-order valence-corrected chi connectivity index (χ4v) is 1.91. The third-order valence-corrected chi connectivity index (χ3v) is 2.95. The number of nitrogens with two attached hydrogens (primary N) is 1. The zero-order chi connectivity index (χ0) is 15.0. The number of rotatable bonds is 8. The van der Waals surface area contributed by atoms with E-state index in [-0.39, 0.29) is 0 Å². The van der Waals surface area contributed by atoms with Gasteiger partial charge in [0.2, 0.25) is 0 Å². The summed E-state index contributed by atoms with van der Waals surface area (Å²) in [7, 11) is 1.60. The number of hydrogen-bond acceptors (Lipinski definition) is 3. The number of nitrogens with zero attached hydrogens (tertiary/aromatic N) is 1. The molecule has 0 aromatic heterocycles. The maximum atomic E-state index is 12.7. The minimum absolute atomic E-state index is 0.466. The van der Waals surface area contributed by atoms with E-state index < -0.39 is 11.7 Å². The molecular weight excluding hydrogens is 269 g/mol. The topological polar surface area (TPSA) is 38.5 Å². The van der Waals surface area contributed by atoms with Crippen LogP contribution in [0.1, 0.15) is 17.5 Å². The van der Waals surface area contributed by atoms with Crippen LogP contribution in [0, 0.1) is 0 Å². The van der Waals surface area contributed by atoms with E-state index in [0.717, 1.165) is 19.0 Å². The second-order valence-electron chi connectivity index (χ2n) is 4.61. The molecule has 6 heteroatoms. The average molecular weight is 290 g/mol. The van der Waals surface area contributed by atoms with Crippen molar-refractivity contribution in [1.82, 2.24) is 4.90 Å². The number of benzene rings is 1. The van der Waals surface area contributed by atoms with E-state index in [1.807, 2.05) is 4.90 Å². The summed E-state index contributed by atoms with van der Waals surface area (Å²) < 4.78 is 43.0. The summed E-state index contributed by atoms with van der Waals surface area (Å²) >= 11 is 0. The van der Waals surface area contributed by atoms with Gasteiger partial charge in [0, 0.05) is 20.2 Å². The molecule has 0 atom stereocenters. The molecule has 0 heterocycles. The summed E-state index contributed by atoms with van der Waals surface area (Å²) in [5, 5.41) is 0. The summed E-state index contributed by atoms with van der Waals surface area (Å²) in [6.45, 7) is 2.99. The van der Waals surface area contributed by atoms with Crippen LogP contribution in [0.5, 0.6) is 0 Å². The Morgan fingerprint density at radius 2 is 2.00 bits per heavy atom. The summed E-state index contributed by atoms with van der Waals surface area (Å²) in [5.41, 5.74) is 5.51. The van der Waals surface area contributed by atoms with E-state index >= 15 is 0 Å². The molecule has 0 amide bonds. The molecular formula is C14H21F3N2O. The predicted molar refractivity (Wildman–Crippen MR) is 72.3 cm³/mol. The van der Waals surface area contributed by atoms with Gasteiger partial charge in [0.25, 0.3) is 0 Å². The van der Waals surface area contributed by atoms with E-state index in [1.54, 1.807) is 13.2 Å². The first-order valence-electron chi connectivity index (χ1n) is 6.55. The minimum atomic E-state index is -4.30. The van der Waals surface area contributed by atoms with Crippen molar-refractivity contribution in [1.29, 1.82) is 0 Å². The van der Waals surface area contributed by atoms with E-state index in [4.69, 9.17) is 10.5 Å². The van der Waals surface area contributed by atoms with Crippen molar-refractivity contribution in [2.24, 2.45) is 5.73 Å². The Kier molecular flexibility index (Phi) is 6.98. The van der Waals surface area contributed by atoms with Crippen LogP contribution in [0.3, 0.4) is 0 Å². The van der Waals surface area contributed by atoms with Gasteiger partial charge in [-0.15, -0.1) is 0 Å². The lowest BCUT2D eigenvalue weighted by atomic mass is 10.1. The van der Waals surface area contributed by atoms with Crippen LogP contribution < -0.4 is 5.73 Å². The van der Waals surface area contributed by atoms with Gasteiger partial charge in [-0.25, -0.2) is 0 Å². The first-order valence-corrected chi connectivity index (χ1v) is 6.55. The smallest absolute Gasteiger partial charge is 0.383 e. The Labute approximate surface area is 117 Å².